The molecule has 3 rings (SSSR count). The maximum atomic E-state index is 11.1. The first-order valence-electron chi connectivity index (χ1n) is 7.35. The zero-order chi connectivity index (χ0) is 16.4. The van der Waals surface area contributed by atoms with Crippen LogP contribution in [0.5, 0.6) is 11.5 Å². The third-order valence-corrected chi connectivity index (χ3v) is 3.78. The lowest BCUT2D eigenvalue weighted by Gasteiger charge is -2.10. The average Bonchev–Trinajstić information content (AvgIpc) is 2.90. The summed E-state index contributed by atoms with van der Waals surface area (Å²) in [6.45, 7) is 3.10. The van der Waals surface area contributed by atoms with Crippen LogP contribution in [-0.2, 0) is 13.2 Å². The first-order valence-corrected chi connectivity index (χ1v) is 7.35. The number of hydrogen-bond acceptors (Lipinski definition) is 3. The molecule has 0 radical (unpaired) electrons. The van der Waals surface area contributed by atoms with E-state index >= 15 is 0 Å². The molecule has 2 N–H and O–H groups in total. The fraction of sp³-hybridized carbons (Fsp3) is 0.167. The predicted octanol–water partition coefficient (Wildman–Crippen LogP) is 3.64. The van der Waals surface area contributed by atoms with Gasteiger partial charge in [-0.15, -0.1) is 0 Å². The van der Waals surface area contributed by atoms with Crippen LogP contribution >= 0.6 is 0 Å². The second-order valence-electron chi connectivity index (χ2n) is 5.24. The molecule has 1 aromatic heterocycles. The summed E-state index contributed by atoms with van der Waals surface area (Å²) < 4.78 is 7.79. The molecule has 0 spiro atoms. The van der Waals surface area contributed by atoms with Crippen molar-refractivity contribution in [1.29, 1.82) is 0 Å². The summed E-state index contributed by atoms with van der Waals surface area (Å²) in [6, 6.07) is 13.7. The summed E-state index contributed by atoms with van der Waals surface area (Å²) in [6.07, 6.45) is 0. The van der Waals surface area contributed by atoms with E-state index in [0.717, 1.165) is 23.1 Å². The van der Waals surface area contributed by atoms with Crippen molar-refractivity contribution in [2.24, 2.45) is 0 Å². The molecule has 0 aliphatic heterocycles. The minimum Gasteiger partial charge on any atom is -0.508 e. The lowest BCUT2D eigenvalue weighted by molar-refractivity contribution is 0.0697. The number of hydrogen-bond donors (Lipinski definition) is 2. The fourth-order valence-corrected chi connectivity index (χ4v) is 2.64. The van der Waals surface area contributed by atoms with Gasteiger partial charge in [0.2, 0.25) is 0 Å². The average molecular weight is 311 g/mol. The van der Waals surface area contributed by atoms with Crippen LogP contribution in [0, 0.1) is 0 Å². The van der Waals surface area contributed by atoms with Crippen molar-refractivity contribution in [3.8, 4) is 11.5 Å². The van der Waals surface area contributed by atoms with E-state index in [1.807, 2.05) is 23.6 Å². The molecule has 0 saturated carbocycles. The summed E-state index contributed by atoms with van der Waals surface area (Å²) in [5, 5.41) is 19.4. The minimum atomic E-state index is -0.933. The maximum Gasteiger partial charge on any atom is 0.335 e. The number of aromatic nitrogens is 1. The highest BCUT2D eigenvalue weighted by Gasteiger charge is 2.11. The predicted molar refractivity (Wildman–Crippen MR) is 87.0 cm³/mol. The van der Waals surface area contributed by atoms with Crippen LogP contribution in [0.2, 0.25) is 0 Å². The van der Waals surface area contributed by atoms with Crippen molar-refractivity contribution < 1.29 is 19.7 Å². The van der Waals surface area contributed by atoms with E-state index < -0.39 is 5.97 Å². The molecular formula is C18H17NO4. The number of aromatic hydroxyl groups is 1. The quantitative estimate of drug-likeness (QED) is 0.754. The number of phenolic OH excluding ortho intramolecular Hbond substituents is 1. The number of nitrogens with zero attached hydrogens (tertiary/aromatic N) is 1. The number of fused-ring (bicyclic) bond motifs is 1. The summed E-state index contributed by atoms with van der Waals surface area (Å²) in [4.78, 5) is 11.1. The Morgan fingerprint density at radius 3 is 2.52 bits per heavy atom. The van der Waals surface area contributed by atoms with Gasteiger partial charge in [-0.05, 0) is 49.4 Å². The number of aromatic carboxylic acids is 1. The Morgan fingerprint density at radius 1 is 1.13 bits per heavy atom. The van der Waals surface area contributed by atoms with Gasteiger partial charge in [0.25, 0.3) is 0 Å². The number of benzene rings is 2. The summed E-state index contributed by atoms with van der Waals surface area (Å²) in [5.74, 6) is -0.0687. The van der Waals surface area contributed by atoms with E-state index in [2.05, 4.69) is 0 Å². The molecule has 118 valence electrons. The number of rotatable bonds is 5. The van der Waals surface area contributed by atoms with Crippen LogP contribution in [0.4, 0.5) is 0 Å². The fourth-order valence-electron chi connectivity index (χ4n) is 2.64. The van der Waals surface area contributed by atoms with E-state index in [0.29, 0.717) is 12.4 Å². The van der Waals surface area contributed by atoms with Gasteiger partial charge in [-0.25, -0.2) is 4.79 Å². The molecule has 0 fully saturated rings. The molecule has 1 heterocycles. The molecule has 0 bridgehead atoms. The van der Waals surface area contributed by atoms with Crippen LogP contribution in [0.15, 0.2) is 48.5 Å². The third-order valence-electron chi connectivity index (χ3n) is 3.78. The van der Waals surface area contributed by atoms with Gasteiger partial charge in [0.1, 0.15) is 18.1 Å². The first-order chi connectivity index (χ1) is 11.1. The molecule has 3 aromatic rings. The molecule has 0 aliphatic rings. The van der Waals surface area contributed by atoms with Crippen LogP contribution < -0.4 is 4.74 Å². The van der Waals surface area contributed by atoms with Crippen LogP contribution in [0.25, 0.3) is 10.9 Å². The van der Waals surface area contributed by atoms with E-state index in [9.17, 15) is 9.90 Å². The van der Waals surface area contributed by atoms with Gasteiger partial charge in [0, 0.05) is 17.4 Å². The maximum absolute atomic E-state index is 11.1. The Hall–Kier alpha value is -2.95. The van der Waals surface area contributed by atoms with Gasteiger partial charge in [-0.3, -0.25) is 0 Å². The van der Waals surface area contributed by atoms with Crippen molar-refractivity contribution in [1.82, 2.24) is 4.57 Å². The Bertz CT molecular complexity index is 849. The van der Waals surface area contributed by atoms with Crippen molar-refractivity contribution >= 4 is 16.9 Å². The molecule has 2 aromatic carbocycles. The molecule has 0 atom stereocenters. The van der Waals surface area contributed by atoms with Gasteiger partial charge in [0.15, 0.2) is 0 Å². The molecule has 0 unspecified atom stereocenters. The van der Waals surface area contributed by atoms with Gasteiger partial charge in [-0.1, -0.05) is 6.07 Å². The van der Waals surface area contributed by atoms with E-state index in [1.54, 1.807) is 36.4 Å². The number of ether oxygens (including phenoxy) is 1. The van der Waals surface area contributed by atoms with Gasteiger partial charge < -0.3 is 19.5 Å². The molecule has 0 saturated heterocycles. The molecule has 0 amide bonds. The Kier molecular flexibility index (Phi) is 3.93. The van der Waals surface area contributed by atoms with Gasteiger partial charge >= 0.3 is 5.97 Å². The van der Waals surface area contributed by atoms with Gasteiger partial charge in [0.05, 0.1) is 11.3 Å². The normalized spacial score (nSPS) is 10.8. The Morgan fingerprint density at radius 2 is 1.87 bits per heavy atom. The van der Waals surface area contributed by atoms with Crippen molar-refractivity contribution in [3.05, 3.63) is 59.8 Å². The van der Waals surface area contributed by atoms with Crippen LogP contribution in [-0.4, -0.2) is 20.7 Å². The van der Waals surface area contributed by atoms with Crippen LogP contribution in [0.3, 0.4) is 0 Å². The molecule has 23 heavy (non-hydrogen) atoms. The summed E-state index contributed by atoms with van der Waals surface area (Å²) in [7, 11) is 0. The van der Waals surface area contributed by atoms with Crippen LogP contribution in [0.1, 0.15) is 23.0 Å². The topological polar surface area (TPSA) is 71.7 Å². The zero-order valence-electron chi connectivity index (χ0n) is 12.7. The standard InChI is InChI=1S/C18H17NO4/c1-2-19-14(11-23-16-7-5-15(20)6-8-16)9-12-3-4-13(18(21)22)10-17(12)19/h3-10,20H,2,11H2,1H3,(H,21,22). The highest BCUT2D eigenvalue weighted by molar-refractivity contribution is 5.93. The van der Waals surface area contributed by atoms with Gasteiger partial charge in [-0.2, -0.15) is 0 Å². The number of aryl methyl sites for hydroxylation is 1. The van der Waals surface area contributed by atoms with Crippen molar-refractivity contribution in [3.63, 3.8) is 0 Å². The van der Waals surface area contributed by atoms with Crippen molar-refractivity contribution in [2.45, 2.75) is 20.1 Å². The minimum absolute atomic E-state index is 0.196. The number of phenols is 1. The molecular weight excluding hydrogens is 294 g/mol. The number of carbonyl (C=O) groups is 1. The Balaban J connectivity index is 1.90. The second kappa shape index (κ2) is 6.04. The third kappa shape index (κ3) is 2.99. The van der Waals surface area contributed by atoms with E-state index in [1.165, 1.54) is 0 Å². The molecule has 0 aliphatic carbocycles. The number of carboxylic acid groups (broad SMARTS) is 1. The largest absolute Gasteiger partial charge is 0.508 e. The molecule has 5 heteroatoms. The summed E-state index contributed by atoms with van der Waals surface area (Å²) in [5.41, 5.74) is 2.13. The van der Waals surface area contributed by atoms with E-state index in [4.69, 9.17) is 9.84 Å². The highest BCUT2D eigenvalue weighted by atomic mass is 16.5. The number of carboxylic acids is 1. The zero-order valence-corrected chi connectivity index (χ0v) is 12.7. The Labute approximate surface area is 133 Å². The SMILES string of the molecule is CCn1c(COc2ccc(O)cc2)cc2ccc(C(=O)O)cc21. The van der Waals surface area contributed by atoms with Crippen molar-refractivity contribution in [2.75, 3.05) is 0 Å². The summed E-state index contributed by atoms with van der Waals surface area (Å²) >= 11 is 0. The monoisotopic (exact) mass is 311 g/mol. The lowest BCUT2D eigenvalue weighted by atomic mass is 10.1. The smallest absolute Gasteiger partial charge is 0.335 e. The highest BCUT2D eigenvalue weighted by Crippen LogP contribution is 2.23. The lowest BCUT2D eigenvalue weighted by Crippen LogP contribution is -2.05. The first kappa shape index (κ1) is 15.0. The second-order valence-corrected chi connectivity index (χ2v) is 5.24. The van der Waals surface area contributed by atoms with E-state index in [-0.39, 0.29) is 11.3 Å². The molecule has 5 nitrogen and oxygen atoms in total.